The lowest BCUT2D eigenvalue weighted by Gasteiger charge is -2.20. The van der Waals surface area contributed by atoms with Crippen LogP contribution >= 0.6 is 31.9 Å². The van der Waals surface area contributed by atoms with Gasteiger partial charge in [0.2, 0.25) is 0 Å². The summed E-state index contributed by atoms with van der Waals surface area (Å²) in [6.45, 7) is 6.79. The largest absolute Gasteiger partial charge is 0.0616 e. The molecule has 0 heterocycles. The third-order valence-electron chi connectivity index (χ3n) is 4.74. The van der Waals surface area contributed by atoms with Crippen LogP contribution in [0.1, 0.15) is 26.3 Å². The zero-order valence-corrected chi connectivity index (χ0v) is 17.1. The van der Waals surface area contributed by atoms with Gasteiger partial charge in [0.1, 0.15) is 0 Å². The maximum atomic E-state index is 3.79. The van der Waals surface area contributed by atoms with Gasteiger partial charge in [0, 0.05) is 8.95 Å². The van der Waals surface area contributed by atoms with Gasteiger partial charge in [-0.15, -0.1) is 0 Å². The minimum absolute atomic E-state index is 0.136. The maximum Gasteiger partial charge on any atom is 0.0260 e. The summed E-state index contributed by atoms with van der Waals surface area (Å²) < 4.78 is 2.30. The number of fused-ring (bicyclic) bond motifs is 5. The number of hydrogen-bond acceptors (Lipinski definition) is 0. The summed E-state index contributed by atoms with van der Waals surface area (Å²) >= 11 is 7.55. The molecule has 0 N–H and O–H groups in total. The van der Waals surface area contributed by atoms with Gasteiger partial charge >= 0.3 is 0 Å². The van der Waals surface area contributed by atoms with E-state index in [-0.39, 0.29) is 5.41 Å². The van der Waals surface area contributed by atoms with Crippen molar-refractivity contribution in [3.05, 3.63) is 69.1 Å². The molecule has 0 aromatic heterocycles. The molecule has 0 atom stereocenters. The summed E-state index contributed by atoms with van der Waals surface area (Å²) in [4.78, 5) is 0. The van der Waals surface area contributed by atoms with Crippen LogP contribution in [0.2, 0.25) is 0 Å². The van der Waals surface area contributed by atoms with Crippen molar-refractivity contribution in [3.63, 3.8) is 0 Å². The second-order valence-electron chi connectivity index (χ2n) is 7.37. The fourth-order valence-corrected chi connectivity index (χ4v) is 4.53. The Balaban J connectivity index is 2.24. The summed E-state index contributed by atoms with van der Waals surface area (Å²) in [5.74, 6) is 0. The molecule has 0 aliphatic heterocycles. The van der Waals surface area contributed by atoms with Gasteiger partial charge in [-0.2, -0.15) is 0 Å². The van der Waals surface area contributed by atoms with E-state index in [1.165, 1.54) is 37.9 Å². The average Bonchev–Trinajstić information content (AvgIpc) is 2.55. The maximum absolute atomic E-state index is 3.79. The Labute approximate surface area is 159 Å². The van der Waals surface area contributed by atoms with Crippen LogP contribution in [0.5, 0.6) is 0 Å². The topological polar surface area (TPSA) is 0 Å². The zero-order valence-electron chi connectivity index (χ0n) is 14.0. The fourth-order valence-electron chi connectivity index (χ4n) is 3.38. The minimum atomic E-state index is 0.136. The summed E-state index contributed by atoms with van der Waals surface area (Å²) in [5.41, 5.74) is 1.50. The lowest BCUT2D eigenvalue weighted by molar-refractivity contribution is 0.591. The van der Waals surface area contributed by atoms with Crippen LogP contribution in [0.3, 0.4) is 0 Å². The van der Waals surface area contributed by atoms with Crippen molar-refractivity contribution in [1.82, 2.24) is 0 Å². The molecule has 0 aliphatic rings. The van der Waals surface area contributed by atoms with E-state index in [1.807, 2.05) is 0 Å². The summed E-state index contributed by atoms with van der Waals surface area (Å²) in [6.07, 6.45) is 0. The normalized spacial score (nSPS) is 12.4. The molecule has 0 aliphatic carbocycles. The van der Waals surface area contributed by atoms with Crippen molar-refractivity contribution in [2.24, 2.45) is 0 Å². The van der Waals surface area contributed by atoms with Crippen LogP contribution in [0.15, 0.2) is 63.5 Å². The van der Waals surface area contributed by atoms with E-state index in [2.05, 4.69) is 107 Å². The first-order chi connectivity index (χ1) is 11.4. The lowest BCUT2D eigenvalue weighted by atomic mass is 9.85. The van der Waals surface area contributed by atoms with Crippen LogP contribution in [-0.4, -0.2) is 0 Å². The van der Waals surface area contributed by atoms with Crippen molar-refractivity contribution in [3.8, 4) is 0 Å². The molecule has 0 unspecified atom stereocenters. The van der Waals surface area contributed by atoms with Crippen LogP contribution in [0.25, 0.3) is 32.3 Å². The second-order valence-corrected chi connectivity index (χ2v) is 9.08. The summed E-state index contributed by atoms with van der Waals surface area (Å²) in [6, 6.07) is 19.9. The first-order valence-electron chi connectivity index (χ1n) is 8.10. The third-order valence-corrected chi connectivity index (χ3v) is 6.05. The molecule has 0 saturated heterocycles. The van der Waals surface area contributed by atoms with Crippen molar-refractivity contribution in [2.45, 2.75) is 26.2 Å². The molecular formula is C22H18Br2. The fraction of sp³-hybridized carbons (Fsp3) is 0.182. The van der Waals surface area contributed by atoms with Crippen molar-refractivity contribution in [2.75, 3.05) is 0 Å². The second kappa shape index (κ2) is 5.57. The number of hydrogen-bond donors (Lipinski definition) is 0. The molecule has 4 aromatic rings. The highest BCUT2D eigenvalue weighted by atomic mass is 79.9. The van der Waals surface area contributed by atoms with E-state index in [0.717, 1.165) is 8.95 Å². The molecule has 0 radical (unpaired) electrons. The van der Waals surface area contributed by atoms with E-state index >= 15 is 0 Å². The molecule has 0 nitrogen and oxygen atoms in total. The van der Waals surface area contributed by atoms with Gasteiger partial charge in [0.25, 0.3) is 0 Å². The molecule has 0 fully saturated rings. The molecule has 0 saturated carbocycles. The molecule has 0 spiro atoms. The standard InChI is InChI=1S/C22H18Br2/c1-22(2,3)13-8-9-16-17(10-13)19-12-20(23)15-7-5-4-6-14(15)18(19)11-21(16)24/h4-12H,1-3H3. The van der Waals surface area contributed by atoms with Gasteiger partial charge in [0.05, 0.1) is 0 Å². The minimum Gasteiger partial charge on any atom is -0.0616 e. The Morgan fingerprint density at radius 2 is 1.08 bits per heavy atom. The summed E-state index contributed by atoms with van der Waals surface area (Å²) in [7, 11) is 0. The first kappa shape index (κ1) is 16.1. The van der Waals surface area contributed by atoms with Crippen molar-refractivity contribution in [1.29, 1.82) is 0 Å². The highest BCUT2D eigenvalue weighted by molar-refractivity contribution is 9.11. The van der Waals surface area contributed by atoms with Crippen molar-refractivity contribution >= 4 is 64.2 Å². The number of rotatable bonds is 0. The van der Waals surface area contributed by atoms with Gasteiger partial charge in [-0.3, -0.25) is 0 Å². The highest BCUT2D eigenvalue weighted by Crippen LogP contribution is 2.40. The predicted molar refractivity (Wildman–Crippen MR) is 113 cm³/mol. The van der Waals surface area contributed by atoms with Gasteiger partial charge in [-0.25, -0.2) is 0 Å². The zero-order chi connectivity index (χ0) is 17.1. The molecule has 0 amide bonds. The molecule has 4 aromatic carbocycles. The van der Waals surface area contributed by atoms with E-state index < -0.39 is 0 Å². The van der Waals surface area contributed by atoms with Crippen LogP contribution in [0, 0.1) is 0 Å². The van der Waals surface area contributed by atoms with Gasteiger partial charge in [-0.05, 0) is 61.5 Å². The van der Waals surface area contributed by atoms with E-state index in [4.69, 9.17) is 0 Å². The Kier molecular flexibility index (Phi) is 3.74. The van der Waals surface area contributed by atoms with Crippen molar-refractivity contribution < 1.29 is 0 Å². The first-order valence-corrected chi connectivity index (χ1v) is 9.68. The van der Waals surface area contributed by atoms with Crippen LogP contribution < -0.4 is 0 Å². The Morgan fingerprint density at radius 3 is 1.71 bits per heavy atom. The Morgan fingerprint density at radius 1 is 0.583 bits per heavy atom. The predicted octanol–water partition coefficient (Wildman–Crippen LogP) is 7.97. The highest BCUT2D eigenvalue weighted by Gasteiger charge is 2.16. The smallest absolute Gasteiger partial charge is 0.0260 e. The van der Waals surface area contributed by atoms with E-state index in [0.29, 0.717) is 0 Å². The van der Waals surface area contributed by atoms with E-state index in [9.17, 15) is 0 Å². The van der Waals surface area contributed by atoms with Gasteiger partial charge < -0.3 is 0 Å². The Hall–Kier alpha value is -1.38. The average molecular weight is 442 g/mol. The molecule has 120 valence electrons. The molecule has 2 heteroatoms. The SMILES string of the molecule is CC(C)(C)c1ccc2c(Br)cc3c4ccccc4c(Br)cc3c2c1. The number of benzene rings is 4. The quantitative estimate of drug-likeness (QED) is 0.242. The molecule has 24 heavy (non-hydrogen) atoms. The monoisotopic (exact) mass is 440 g/mol. The molecule has 4 rings (SSSR count). The van der Waals surface area contributed by atoms with Crippen LogP contribution in [0.4, 0.5) is 0 Å². The molecular weight excluding hydrogens is 424 g/mol. The summed E-state index contributed by atoms with van der Waals surface area (Å²) in [5, 5.41) is 7.69. The van der Waals surface area contributed by atoms with Gasteiger partial charge in [-0.1, -0.05) is 89.0 Å². The van der Waals surface area contributed by atoms with Crippen LogP contribution in [-0.2, 0) is 5.41 Å². The lowest BCUT2D eigenvalue weighted by Crippen LogP contribution is -2.10. The molecule has 0 bridgehead atoms. The Bertz CT molecular complexity index is 1100. The van der Waals surface area contributed by atoms with Gasteiger partial charge in [0.15, 0.2) is 0 Å². The number of halogens is 2. The third kappa shape index (κ3) is 2.48. The van der Waals surface area contributed by atoms with E-state index in [1.54, 1.807) is 0 Å².